The van der Waals surface area contributed by atoms with Crippen LogP contribution in [0.4, 0.5) is 10.1 Å². The zero-order valence-corrected chi connectivity index (χ0v) is 13.8. The third kappa shape index (κ3) is 5.01. The van der Waals surface area contributed by atoms with Gasteiger partial charge in [-0.05, 0) is 62.2 Å². The number of hydrogen-bond acceptors (Lipinski definition) is 1. The first-order valence-corrected chi connectivity index (χ1v) is 7.75. The van der Waals surface area contributed by atoms with E-state index in [4.69, 9.17) is 0 Å². The number of halogens is 2. The number of anilines is 1. The Kier molecular flexibility index (Phi) is 5.57. The number of benzene rings is 2. The lowest BCUT2D eigenvalue weighted by Gasteiger charge is -2.19. The van der Waals surface area contributed by atoms with Gasteiger partial charge in [0.25, 0.3) is 0 Å². The fourth-order valence-electron chi connectivity index (χ4n) is 2.10. The van der Waals surface area contributed by atoms with Gasteiger partial charge in [-0.1, -0.05) is 39.7 Å². The molecule has 0 aliphatic carbocycles. The first-order valence-electron chi connectivity index (χ1n) is 6.95. The van der Waals surface area contributed by atoms with Gasteiger partial charge in [0, 0.05) is 10.2 Å². The minimum absolute atomic E-state index is 0.0526. The Bertz CT molecular complexity index is 615. The van der Waals surface area contributed by atoms with Gasteiger partial charge in [0.2, 0.25) is 0 Å². The van der Waals surface area contributed by atoms with Crippen LogP contribution in [0.3, 0.4) is 0 Å². The summed E-state index contributed by atoms with van der Waals surface area (Å²) in [6.07, 6.45) is 2.99. The standard InChI is InChI=1S/C18H19BrFN/c1-13(2)6-11-18(14-4-3-5-16(20)12-14)21-17-9-7-15(19)8-10-17/h3-10,12,18,21H,11H2,1-2H3. The van der Waals surface area contributed by atoms with Crippen molar-refractivity contribution in [2.75, 3.05) is 5.32 Å². The van der Waals surface area contributed by atoms with Gasteiger partial charge in [-0.15, -0.1) is 0 Å². The van der Waals surface area contributed by atoms with E-state index in [1.807, 2.05) is 30.3 Å². The summed E-state index contributed by atoms with van der Waals surface area (Å²) in [4.78, 5) is 0. The summed E-state index contributed by atoms with van der Waals surface area (Å²) in [5, 5.41) is 3.47. The van der Waals surface area contributed by atoms with Crippen molar-refractivity contribution in [3.63, 3.8) is 0 Å². The molecule has 0 aromatic heterocycles. The van der Waals surface area contributed by atoms with Gasteiger partial charge < -0.3 is 5.32 Å². The number of nitrogens with one attached hydrogen (secondary N) is 1. The Morgan fingerprint density at radius 2 is 1.90 bits per heavy atom. The summed E-state index contributed by atoms with van der Waals surface area (Å²) in [6, 6.07) is 14.8. The van der Waals surface area contributed by atoms with E-state index >= 15 is 0 Å². The van der Waals surface area contributed by atoms with E-state index < -0.39 is 0 Å². The Labute approximate surface area is 134 Å². The maximum Gasteiger partial charge on any atom is 0.123 e. The number of rotatable bonds is 5. The number of hydrogen-bond donors (Lipinski definition) is 1. The SMILES string of the molecule is CC(C)=CCC(Nc1ccc(Br)cc1)c1cccc(F)c1. The van der Waals surface area contributed by atoms with Crippen LogP contribution in [-0.4, -0.2) is 0 Å². The first kappa shape index (κ1) is 15.8. The lowest BCUT2D eigenvalue weighted by atomic mass is 10.0. The molecule has 0 spiro atoms. The van der Waals surface area contributed by atoms with Crippen LogP contribution >= 0.6 is 15.9 Å². The topological polar surface area (TPSA) is 12.0 Å². The van der Waals surface area contributed by atoms with Gasteiger partial charge in [-0.25, -0.2) is 4.39 Å². The van der Waals surface area contributed by atoms with E-state index in [0.29, 0.717) is 0 Å². The van der Waals surface area contributed by atoms with Crippen molar-refractivity contribution in [2.24, 2.45) is 0 Å². The Morgan fingerprint density at radius 1 is 1.19 bits per heavy atom. The van der Waals surface area contributed by atoms with Crippen LogP contribution in [0.25, 0.3) is 0 Å². The molecule has 0 amide bonds. The second-order valence-electron chi connectivity index (χ2n) is 5.28. The fourth-order valence-corrected chi connectivity index (χ4v) is 2.37. The Morgan fingerprint density at radius 3 is 2.52 bits per heavy atom. The summed E-state index contributed by atoms with van der Waals surface area (Å²) in [5.74, 6) is -0.202. The van der Waals surface area contributed by atoms with E-state index in [-0.39, 0.29) is 11.9 Å². The normalized spacial score (nSPS) is 11.8. The molecule has 2 aromatic rings. The minimum Gasteiger partial charge on any atom is -0.378 e. The highest BCUT2D eigenvalue weighted by molar-refractivity contribution is 9.10. The van der Waals surface area contributed by atoms with Gasteiger partial charge >= 0.3 is 0 Å². The second-order valence-corrected chi connectivity index (χ2v) is 6.19. The molecule has 1 nitrogen and oxygen atoms in total. The van der Waals surface area contributed by atoms with Crippen molar-refractivity contribution in [1.29, 1.82) is 0 Å². The van der Waals surface area contributed by atoms with E-state index in [9.17, 15) is 4.39 Å². The third-order valence-corrected chi connectivity index (χ3v) is 3.73. The van der Waals surface area contributed by atoms with Gasteiger partial charge in [-0.2, -0.15) is 0 Å². The molecule has 110 valence electrons. The molecule has 2 rings (SSSR count). The van der Waals surface area contributed by atoms with Gasteiger partial charge in [0.15, 0.2) is 0 Å². The lowest BCUT2D eigenvalue weighted by molar-refractivity contribution is 0.622. The van der Waals surface area contributed by atoms with Crippen LogP contribution in [0.2, 0.25) is 0 Å². The summed E-state index contributed by atoms with van der Waals surface area (Å²) >= 11 is 3.43. The second kappa shape index (κ2) is 7.41. The van der Waals surface area contributed by atoms with Crippen molar-refractivity contribution in [3.8, 4) is 0 Å². The smallest absolute Gasteiger partial charge is 0.123 e. The van der Waals surface area contributed by atoms with E-state index in [0.717, 1.165) is 22.1 Å². The summed E-state index contributed by atoms with van der Waals surface area (Å²) in [6.45, 7) is 4.14. The summed E-state index contributed by atoms with van der Waals surface area (Å²) in [5.41, 5.74) is 3.24. The molecule has 1 atom stereocenters. The first-order chi connectivity index (χ1) is 10.0. The highest BCUT2D eigenvalue weighted by Crippen LogP contribution is 2.25. The number of allylic oxidation sites excluding steroid dienone is 1. The largest absolute Gasteiger partial charge is 0.378 e. The van der Waals surface area contributed by atoms with Crippen molar-refractivity contribution < 1.29 is 4.39 Å². The summed E-state index contributed by atoms with van der Waals surface area (Å²) < 4.78 is 14.5. The molecule has 0 aliphatic heterocycles. The van der Waals surface area contributed by atoms with Gasteiger partial charge in [-0.3, -0.25) is 0 Å². The van der Waals surface area contributed by atoms with Crippen molar-refractivity contribution >= 4 is 21.6 Å². The molecule has 0 fully saturated rings. The average molecular weight is 348 g/mol. The van der Waals surface area contributed by atoms with Crippen LogP contribution in [0.5, 0.6) is 0 Å². The molecule has 0 radical (unpaired) electrons. The maximum atomic E-state index is 13.5. The molecular weight excluding hydrogens is 329 g/mol. The molecular formula is C18H19BrFN. The molecule has 21 heavy (non-hydrogen) atoms. The molecule has 0 saturated heterocycles. The zero-order chi connectivity index (χ0) is 15.2. The molecule has 1 N–H and O–H groups in total. The Hall–Kier alpha value is -1.61. The molecule has 0 aliphatic rings. The average Bonchev–Trinajstić information content (AvgIpc) is 2.45. The lowest BCUT2D eigenvalue weighted by Crippen LogP contribution is -2.10. The van der Waals surface area contributed by atoms with Crippen LogP contribution in [0.1, 0.15) is 31.9 Å². The van der Waals surface area contributed by atoms with Crippen LogP contribution in [0.15, 0.2) is 64.7 Å². The predicted octanol–water partition coefficient (Wildman–Crippen LogP) is 6.10. The predicted molar refractivity (Wildman–Crippen MR) is 91.0 cm³/mol. The Balaban J connectivity index is 2.23. The third-order valence-electron chi connectivity index (χ3n) is 3.20. The maximum absolute atomic E-state index is 13.5. The fraction of sp³-hybridized carbons (Fsp3) is 0.222. The van der Waals surface area contributed by atoms with Crippen LogP contribution < -0.4 is 5.32 Å². The van der Waals surface area contributed by atoms with Crippen molar-refractivity contribution in [1.82, 2.24) is 0 Å². The molecule has 0 saturated carbocycles. The van der Waals surface area contributed by atoms with Crippen molar-refractivity contribution in [3.05, 3.63) is 76.0 Å². The van der Waals surface area contributed by atoms with Gasteiger partial charge in [0.05, 0.1) is 6.04 Å². The van der Waals surface area contributed by atoms with Crippen molar-refractivity contribution in [2.45, 2.75) is 26.3 Å². The van der Waals surface area contributed by atoms with Crippen LogP contribution in [-0.2, 0) is 0 Å². The zero-order valence-electron chi connectivity index (χ0n) is 12.2. The van der Waals surface area contributed by atoms with E-state index in [1.165, 1.54) is 11.6 Å². The molecule has 0 bridgehead atoms. The molecule has 3 heteroatoms. The molecule has 2 aromatic carbocycles. The monoisotopic (exact) mass is 347 g/mol. The van der Waals surface area contributed by atoms with Crippen LogP contribution in [0, 0.1) is 5.82 Å². The highest BCUT2D eigenvalue weighted by atomic mass is 79.9. The molecule has 1 unspecified atom stereocenters. The van der Waals surface area contributed by atoms with E-state index in [2.05, 4.69) is 41.2 Å². The quantitative estimate of drug-likeness (QED) is 0.644. The summed E-state index contributed by atoms with van der Waals surface area (Å²) in [7, 11) is 0. The van der Waals surface area contributed by atoms with Gasteiger partial charge in [0.1, 0.15) is 5.82 Å². The minimum atomic E-state index is -0.202. The van der Waals surface area contributed by atoms with E-state index in [1.54, 1.807) is 12.1 Å². The molecule has 0 heterocycles. The highest BCUT2D eigenvalue weighted by Gasteiger charge is 2.11.